The molecule has 8 heteroatoms. The number of hydrogen-bond acceptors (Lipinski definition) is 7. The molecule has 1 fully saturated rings. The summed E-state index contributed by atoms with van der Waals surface area (Å²) in [4.78, 5) is 41.1. The van der Waals surface area contributed by atoms with Crippen molar-refractivity contribution >= 4 is 17.8 Å². The monoisotopic (exact) mass is 372 g/mol. The molecule has 1 heterocycles. The number of likely N-dealkylation sites (N-methyl/N-ethyl adjacent to an activating group) is 1. The maximum atomic E-state index is 11.5. The van der Waals surface area contributed by atoms with Crippen LogP contribution in [-0.4, -0.2) is 74.3 Å². The molecule has 0 aromatic heterocycles. The zero-order valence-corrected chi connectivity index (χ0v) is 16.2. The van der Waals surface area contributed by atoms with Gasteiger partial charge in [-0.25, -0.2) is 4.79 Å². The average molecular weight is 372 g/mol. The van der Waals surface area contributed by atoms with Gasteiger partial charge in [-0.3, -0.25) is 9.59 Å². The zero-order chi connectivity index (χ0) is 19.4. The number of unbranched alkanes of at least 4 members (excludes halogenated alkanes) is 1. The van der Waals surface area contributed by atoms with Crippen molar-refractivity contribution in [3.63, 3.8) is 0 Å². The number of rotatable bonds is 14. The molecule has 1 saturated heterocycles. The SMILES string of the molecule is CCCC[C@H](C)CN(C)CCOCCOCC(=O)ON1C(=O)CCC1=O. The van der Waals surface area contributed by atoms with Crippen LogP contribution in [0.2, 0.25) is 0 Å². The fourth-order valence-corrected chi connectivity index (χ4v) is 2.65. The van der Waals surface area contributed by atoms with Crippen LogP contribution in [-0.2, 0) is 28.7 Å². The smallest absolute Gasteiger partial charge is 0.358 e. The number of hydroxylamine groups is 2. The number of carbonyl (C=O) groups excluding carboxylic acids is 3. The molecule has 0 unspecified atom stereocenters. The van der Waals surface area contributed by atoms with Crippen LogP contribution < -0.4 is 0 Å². The van der Waals surface area contributed by atoms with Crippen LogP contribution in [0, 0.1) is 5.92 Å². The van der Waals surface area contributed by atoms with E-state index in [4.69, 9.17) is 9.47 Å². The van der Waals surface area contributed by atoms with Crippen LogP contribution in [0.4, 0.5) is 0 Å². The van der Waals surface area contributed by atoms with Gasteiger partial charge in [-0.05, 0) is 19.4 Å². The lowest BCUT2D eigenvalue weighted by Crippen LogP contribution is -2.33. The summed E-state index contributed by atoms with van der Waals surface area (Å²) in [5.41, 5.74) is 0. The molecular weight excluding hydrogens is 340 g/mol. The largest absolute Gasteiger partial charge is 0.378 e. The van der Waals surface area contributed by atoms with Gasteiger partial charge >= 0.3 is 5.97 Å². The van der Waals surface area contributed by atoms with E-state index in [2.05, 4.69) is 30.6 Å². The lowest BCUT2D eigenvalue weighted by atomic mass is 10.0. The Morgan fingerprint density at radius 1 is 1.15 bits per heavy atom. The van der Waals surface area contributed by atoms with Crippen LogP contribution in [0.5, 0.6) is 0 Å². The fraction of sp³-hybridized carbons (Fsp3) is 0.833. The third-order valence-corrected chi connectivity index (χ3v) is 4.08. The molecule has 0 aromatic rings. The number of imide groups is 1. The number of amides is 2. The molecule has 1 rings (SSSR count). The van der Waals surface area contributed by atoms with Crippen molar-refractivity contribution in [3.8, 4) is 0 Å². The molecule has 8 nitrogen and oxygen atoms in total. The van der Waals surface area contributed by atoms with Gasteiger partial charge < -0.3 is 19.2 Å². The van der Waals surface area contributed by atoms with E-state index in [-0.39, 0.29) is 26.1 Å². The minimum Gasteiger partial charge on any atom is -0.378 e. The summed E-state index contributed by atoms with van der Waals surface area (Å²) < 4.78 is 10.6. The standard InChI is InChI=1S/C18H32N2O6/c1-4-5-6-15(2)13-19(3)9-10-24-11-12-25-14-18(23)26-20-16(21)7-8-17(20)22/h15H,4-14H2,1-3H3/t15-/m0/s1. The van der Waals surface area contributed by atoms with Crippen LogP contribution >= 0.6 is 0 Å². The Hall–Kier alpha value is -1.51. The highest BCUT2D eigenvalue weighted by Crippen LogP contribution is 2.12. The lowest BCUT2D eigenvalue weighted by Gasteiger charge is -2.21. The molecule has 2 amide bonds. The Kier molecular flexibility index (Phi) is 11.1. The van der Waals surface area contributed by atoms with Gasteiger partial charge in [-0.2, -0.15) is 0 Å². The van der Waals surface area contributed by atoms with Gasteiger partial charge in [0.1, 0.15) is 6.61 Å². The molecule has 0 spiro atoms. The van der Waals surface area contributed by atoms with Crippen molar-refractivity contribution in [2.24, 2.45) is 5.92 Å². The van der Waals surface area contributed by atoms with E-state index in [0.717, 1.165) is 13.1 Å². The maximum Gasteiger partial charge on any atom is 0.358 e. The van der Waals surface area contributed by atoms with Crippen molar-refractivity contribution in [1.82, 2.24) is 9.96 Å². The van der Waals surface area contributed by atoms with Crippen molar-refractivity contribution in [2.45, 2.75) is 46.0 Å². The molecule has 1 atom stereocenters. The summed E-state index contributed by atoms with van der Waals surface area (Å²) in [5.74, 6) is -1.09. The van der Waals surface area contributed by atoms with E-state index in [1.165, 1.54) is 19.3 Å². The normalized spacial score (nSPS) is 15.8. The molecule has 0 aromatic carbocycles. The summed E-state index contributed by atoms with van der Waals surface area (Å²) in [7, 11) is 2.08. The Labute approximate surface area is 155 Å². The highest BCUT2D eigenvalue weighted by molar-refractivity contribution is 6.01. The Morgan fingerprint density at radius 2 is 1.81 bits per heavy atom. The quantitative estimate of drug-likeness (QED) is 0.336. The van der Waals surface area contributed by atoms with Crippen molar-refractivity contribution in [1.29, 1.82) is 0 Å². The van der Waals surface area contributed by atoms with Crippen LogP contribution in [0.15, 0.2) is 0 Å². The Bertz CT molecular complexity index is 441. The molecule has 0 aliphatic carbocycles. The molecule has 0 radical (unpaired) electrons. The molecule has 0 saturated carbocycles. The molecule has 0 bridgehead atoms. The zero-order valence-electron chi connectivity index (χ0n) is 16.2. The minimum atomic E-state index is -0.769. The van der Waals surface area contributed by atoms with E-state index in [9.17, 15) is 14.4 Å². The molecular formula is C18H32N2O6. The third kappa shape index (κ3) is 9.26. The predicted molar refractivity (Wildman–Crippen MR) is 95.0 cm³/mol. The average Bonchev–Trinajstić information content (AvgIpc) is 2.91. The molecule has 1 aliphatic rings. The predicted octanol–water partition coefficient (Wildman–Crippen LogP) is 1.38. The molecule has 1 aliphatic heterocycles. The van der Waals surface area contributed by atoms with E-state index < -0.39 is 17.8 Å². The Balaban J connectivity index is 1.98. The fourth-order valence-electron chi connectivity index (χ4n) is 2.65. The first-order valence-electron chi connectivity index (χ1n) is 9.34. The van der Waals surface area contributed by atoms with Gasteiger partial charge in [0.2, 0.25) is 0 Å². The van der Waals surface area contributed by atoms with E-state index >= 15 is 0 Å². The summed E-state index contributed by atoms with van der Waals surface area (Å²) in [6, 6.07) is 0. The first kappa shape index (κ1) is 22.5. The maximum absolute atomic E-state index is 11.5. The highest BCUT2D eigenvalue weighted by atomic mass is 16.7. The van der Waals surface area contributed by atoms with Gasteiger partial charge in [0.05, 0.1) is 19.8 Å². The first-order chi connectivity index (χ1) is 12.4. The topological polar surface area (TPSA) is 85.4 Å². The molecule has 0 N–H and O–H groups in total. The van der Waals surface area contributed by atoms with E-state index in [1.54, 1.807) is 0 Å². The number of nitrogens with zero attached hydrogens (tertiary/aromatic N) is 2. The second-order valence-electron chi connectivity index (χ2n) is 6.72. The summed E-state index contributed by atoms with van der Waals surface area (Å²) in [5, 5.41) is 0.513. The van der Waals surface area contributed by atoms with Gasteiger partial charge in [-0.15, -0.1) is 5.06 Å². The van der Waals surface area contributed by atoms with Gasteiger partial charge in [0.15, 0.2) is 0 Å². The van der Waals surface area contributed by atoms with Gasteiger partial charge in [-0.1, -0.05) is 26.7 Å². The van der Waals surface area contributed by atoms with Gasteiger partial charge in [0.25, 0.3) is 11.8 Å². The summed E-state index contributed by atoms with van der Waals surface area (Å²) in [6.07, 6.45) is 3.90. The third-order valence-electron chi connectivity index (χ3n) is 4.08. The van der Waals surface area contributed by atoms with Crippen LogP contribution in [0.1, 0.15) is 46.0 Å². The van der Waals surface area contributed by atoms with E-state index in [1.807, 2.05) is 0 Å². The van der Waals surface area contributed by atoms with Crippen LogP contribution in [0.25, 0.3) is 0 Å². The molecule has 150 valence electrons. The number of hydrogen-bond donors (Lipinski definition) is 0. The van der Waals surface area contributed by atoms with Gasteiger partial charge in [0, 0.05) is 25.9 Å². The van der Waals surface area contributed by atoms with Crippen LogP contribution in [0.3, 0.4) is 0 Å². The summed E-state index contributed by atoms with van der Waals surface area (Å²) in [6.45, 7) is 7.26. The number of carbonyl (C=O) groups is 3. The molecule has 26 heavy (non-hydrogen) atoms. The lowest BCUT2D eigenvalue weighted by molar-refractivity contribution is -0.200. The number of ether oxygens (including phenoxy) is 2. The summed E-state index contributed by atoms with van der Waals surface area (Å²) >= 11 is 0. The highest BCUT2D eigenvalue weighted by Gasteiger charge is 2.32. The second kappa shape index (κ2) is 12.8. The van der Waals surface area contributed by atoms with E-state index in [0.29, 0.717) is 24.2 Å². The second-order valence-corrected chi connectivity index (χ2v) is 6.72. The van der Waals surface area contributed by atoms with Crippen molar-refractivity contribution in [3.05, 3.63) is 0 Å². The minimum absolute atomic E-state index is 0.0760. The Morgan fingerprint density at radius 3 is 2.46 bits per heavy atom. The first-order valence-corrected chi connectivity index (χ1v) is 9.34. The van der Waals surface area contributed by atoms with Crippen molar-refractivity contribution in [2.75, 3.05) is 46.6 Å². The van der Waals surface area contributed by atoms with Crippen molar-refractivity contribution < 1.29 is 28.7 Å².